The Morgan fingerprint density at radius 3 is 2.53 bits per heavy atom. The van der Waals surface area contributed by atoms with Gasteiger partial charge >= 0.3 is 0 Å². The molecule has 2 aromatic carbocycles. The lowest BCUT2D eigenvalue weighted by Gasteiger charge is -2.20. The summed E-state index contributed by atoms with van der Waals surface area (Å²) in [5, 5.41) is 7.77. The number of carbonyl (C=O) groups excluding carboxylic acids is 1. The Hall–Kier alpha value is -2.80. The summed E-state index contributed by atoms with van der Waals surface area (Å²) in [6.45, 7) is 1.02. The summed E-state index contributed by atoms with van der Waals surface area (Å²) in [6, 6.07) is 13.6. The number of rotatable bonds is 3. The second-order valence-electron chi connectivity index (χ2n) is 7.51. The number of nitrogens with zero attached hydrogens (tertiary/aromatic N) is 2. The fourth-order valence-electron chi connectivity index (χ4n) is 4.08. The minimum Gasteiger partial charge on any atom is -0.486 e. The summed E-state index contributed by atoms with van der Waals surface area (Å²) < 4.78 is 13.9. The summed E-state index contributed by atoms with van der Waals surface area (Å²) >= 11 is 3.53. The van der Waals surface area contributed by atoms with Gasteiger partial charge in [0.2, 0.25) is 0 Å². The Morgan fingerprint density at radius 1 is 1.00 bits per heavy atom. The van der Waals surface area contributed by atoms with E-state index in [1.807, 2.05) is 41.1 Å². The molecule has 1 aliphatic carbocycles. The molecule has 0 atom stereocenters. The first kappa shape index (κ1) is 19.2. The van der Waals surface area contributed by atoms with Crippen LogP contribution in [0.15, 0.2) is 46.9 Å². The zero-order chi connectivity index (χ0) is 20.5. The number of benzene rings is 2. The van der Waals surface area contributed by atoms with E-state index in [4.69, 9.17) is 14.6 Å². The molecule has 2 aliphatic rings. The number of amides is 1. The third kappa shape index (κ3) is 3.58. The van der Waals surface area contributed by atoms with Crippen LogP contribution in [0.1, 0.15) is 41.0 Å². The molecule has 1 N–H and O–H groups in total. The van der Waals surface area contributed by atoms with Gasteiger partial charge in [-0.25, -0.2) is 4.68 Å². The highest BCUT2D eigenvalue weighted by atomic mass is 79.9. The van der Waals surface area contributed by atoms with Gasteiger partial charge in [-0.2, -0.15) is 5.10 Å². The molecule has 1 aromatic heterocycles. The van der Waals surface area contributed by atoms with Crippen LogP contribution in [0.5, 0.6) is 11.5 Å². The maximum Gasteiger partial charge on any atom is 0.276 e. The highest BCUT2D eigenvalue weighted by Crippen LogP contribution is 2.38. The van der Waals surface area contributed by atoms with Crippen molar-refractivity contribution in [1.29, 1.82) is 0 Å². The molecule has 154 valence electrons. The van der Waals surface area contributed by atoms with E-state index in [0.717, 1.165) is 53.5 Å². The fraction of sp³-hybridized carbons (Fsp3) is 0.304. The Bertz CT molecular complexity index is 1090. The predicted octanol–water partition coefficient (Wildman–Crippen LogP) is 4.93. The van der Waals surface area contributed by atoms with Crippen LogP contribution in [0.2, 0.25) is 0 Å². The van der Waals surface area contributed by atoms with Gasteiger partial charge in [-0.1, -0.05) is 24.6 Å². The van der Waals surface area contributed by atoms with Crippen LogP contribution in [0.4, 0.5) is 5.69 Å². The van der Waals surface area contributed by atoms with Crippen molar-refractivity contribution in [3.63, 3.8) is 0 Å². The lowest BCUT2D eigenvalue weighted by atomic mass is 10.1. The number of carbonyl (C=O) groups is 1. The standard InChI is InChI=1S/C23H22BrN3O3/c24-17-13-20-21(30-12-11-29-20)14-18(17)25-23(28)22-16-9-5-2-6-10-19(16)27(26-22)15-7-3-1-4-8-15/h1,3-4,7-8,13-14H,2,5-6,9-12H2,(H,25,28). The van der Waals surface area contributed by atoms with Crippen LogP contribution in [-0.2, 0) is 12.8 Å². The Kier molecular flexibility index (Phi) is 5.21. The first-order chi connectivity index (χ1) is 14.7. The lowest BCUT2D eigenvalue weighted by molar-refractivity contribution is 0.102. The van der Waals surface area contributed by atoms with E-state index in [1.165, 1.54) is 0 Å². The summed E-state index contributed by atoms with van der Waals surface area (Å²) in [7, 11) is 0. The molecule has 0 saturated carbocycles. The minimum atomic E-state index is -0.208. The van der Waals surface area contributed by atoms with Gasteiger partial charge in [-0.15, -0.1) is 0 Å². The molecule has 0 fully saturated rings. The normalized spacial score (nSPS) is 15.2. The molecule has 0 saturated heterocycles. The van der Waals surface area contributed by atoms with Crippen molar-refractivity contribution in [2.24, 2.45) is 0 Å². The number of hydrogen-bond donors (Lipinski definition) is 1. The van der Waals surface area contributed by atoms with Gasteiger partial charge < -0.3 is 14.8 Å². The largest absolute Gasteiger partial charge is 0.486 e. The minimum absolute atomic E-state index is 0.208. The van der Waals surface area contributed by atoms with E-state index in [9.17, 15) is 4.79 Å². The zero-order valence-electron chi connectivity index (χ0n) is 16.5. The van der Waals surface area contributed by atoms with Gasteiger partial charge in [0.15, 0.2) is 17.2 Å². The topological polar surface area (TPSA) is 65.4 Å². The van der Waals surface area contributed by atoms with Crippen molar-refractivity contribution in [1.82, 2.24) is 9.78 Å². The number of halogens is 1. The van der Waals surface area contributed by atoms with Crippen LogP contribution in [0.3, 0.4) is 0 Å². The van der Waals surface area contributed by atoms with Crippen molar-refractivity contribution in [2.75, 3.05) is 18.5 Å². The van der Waals surface area contributed by atoms with Crippen molar-refractivity contribution >= 4 is 27.5 Å². The summed E-state index contributed by atoms with van der Waals surface area (Å²) in [4.78, 5) is 13.3. The summed E-state index contributed by atoms with van der Waals surface area (Å²) in [5.74, 6) is 1.10. The second-order valence-corrected chi connectivity index (χ2v) is 8.37. The fourth-order valence-corrected chi connectivity index (χ4v) is 4.50. The van der Waals surface area contributed by atoms with Crippen LogP contribution >= 0.6 is 15.9 Å². The van der Waals surface area contributed by atoms with Gasteiger partial charge in [0.05, 0.1) is 11.4 Å². The predicted molar refractivity (Wildman–Crippen MR) is 118 cm³/mol. The highest BCUT2D eigenvalue weighted by molar-refractivity contribution is 9.10. The molecule has 0 unspecified atom stereocenters. The SMILES string of the molecule is O=C(Nc1cc2c(cc1Br)OCCO2)c1nn(-c2ccccc2)c2c1CCCCC2. The van der Waals surface area contributed by atoms with Gasteiger partial charge in [-0.05, 0) is 53.7 Å². The summed E-state index contributed by atoms with van der Waals surface area (Å²) in [6.07, 6.45) is 5.14. The van der Waals surface area contributed by atoms with Crippen molar-refractivity contribution in [3.05, 3.63) is 63.9 Å². The van der Waals surface area contributed by atoms with Crippen molar-refractivity contribution in [3.8, 4) is 17.2 Å². The van der Waals surface area contributed by atoms with Gasteiger partial charge in [0, 0.05) is 27.9 Å². The monoisotopic (exact) mass is 467 g/mol. The molecular formula is C23H22BrN3O3. The lowest BCUT2D eigenvalue weighted by Crippen LogP contribution is -2.18. The van der Waals surface area contributed by atoms with E-state index < -0.39 is 0 Å². The number of para-hydroxylation sites is 1. The Labute approximate surface area is 183 Å². The maximum atomic E-state index is 13.3. The Morgan fingerprint density at radius 2 is 1.73 bits per heavy atom. The van der Waals surface area contributed by atoms with Crippen molar-refractivity contribution < 1.29 is 14.3 Å². The van der Waals surface area contributed by atoms with Crippen LogP contribution in [0.25, 0.3) is 5.69 Å². The average molecular weight is 468 g/mol. The Balaban J connectivity index is 1.51. The van der Waals surface area contributed by atoms with Crippen molar-refractivity contribution in [2.45, 2.75) is 32.1 Å². The van der Waals surface area contributed by atoms with E-state index >= 15 is 0 Å². The molecule has 7 heteroatoms. The zero-order valence-corrected chi connectivity index (χ0v) is 18.1. The van der Waals surface area contributed by atoms with E-state index in [-0.39, 0.29) is 5.91 Å². The molecule has 0 spiro atoms. The first-order valence-electron chi connectivity index (χ1n) is 10.3. The van der Waals surface area contributed by atoms with Crippen LogP contribution < -0.4 is 14.8 Å². The van der Waals surface area contributed by atoms with E-state index in [0.29, 0.717) is 36.1 Å². The smallest absolute Gasteiger partial charge is 0.276 e. The maximum absolute atomic E-state index is 13.3. The number of aromatic nitrogens is 2. The molecule has 5 rings (SSSR count). The first-order valence-corrected chi connectivity index (χ1v) is 11.1. The quantitative estimate of drug-likeness (QED) is 0.554. The molecule has 6 nitrogen and oxygen atoms in total. The molecule has 2 heterocycles. The third-order valence-corrected chi connectivity index (χ3v) is 6.18. The van der Waals surface area contributed by atoms with Gasteiger partial charge in [-0.3, -0.25) is 4.79 Å². The molecule has 0 bridgehead atoms. The average Bonchev–Trinajstić information content (AvgIpc) is 2.96. The molecule has 3 aromatic rings. The highest BCUT2D eigenvalue weighted by Gasteiger charge is 2.26. The molecule has 0 radical (unpaired) electrons. The van der Waals surface area contributed by atoms with E-state index in [2.05, 4.69) is 21.2 Å². The number of fused-ring (bicyclic) bond motifs is 2. The van der Waals surface area contributed by atoms with Crippen LogP contribution in [-0.4, -0.2) is 28.9 Å². The van der Waals surface area contributed by atoms with Gasteiger partial charge in [0.1, 0.15) is 13.2 Å². The third-order valence-electron chi connectivity index (χ3n) is 5.53. The number of anilines is 1. The van der Waals surface area contributed by atoms with E-state index in [1.54, 1.807) is 6.07 Å². The molecular weight excluding hydrogens is 446 g/mol. The number of hydrogen-bond acceptors (Lipinski definition) is 4. The number of ether oxygens (including phenoxy) is 2. The second kappa shape index (κ2) is 8.14. The van der Waals surface area contributed by atoms with Gasteiger partial charge in [0.25, 0.3) is 5.91 Å². The molecule has 1 amide bonds. The molecule has 30 heavy (non-hydrogen) atoms. The summed E-state index contributed by atoms with van der Waals surface area (Å²) in [5.41, 5.74) is 4.32. The number of nitrogens with one attached hydrogen (secondary N) is 1. The molecule has 1 aliphatic heterocycles. The van der Waals surface area contributed by atoms with Crippen LogP contribution in [0, 0.1) is 0 Å².